The summed E-state index contributed by atoms with van der Waals surface area (Å²) in [4.78, 5) is 4.28. The largest absolute Gasteiger partial charge is 0.356 e. The molecule has 1 unspecified atom stereocenters. The molecule has 0 fully saturated rings. The summed E-state index contributed by atoms with van der Waals surface area (Å²) < 4.78 is 1.97. The molecule has 3 aromatic rings. The summed E-state index contributed by atoms with van der Waals surface area (Å²) >= 11 is 0. The average Bonchev–Trinajstić information content (AvgIpc) is 3.05. The molecule has 0 saturated heterocycles. The Kier molecular flexibility index (Phi) is 7.38. The van der Waals surface area contributed by atoms with Gasteiger partial charge in [0.15, 0.2) is 17.4 Å². The highest BCUT2D eigenvalue weighted by Crippen LogP contribution is 2.14. The number of aliphatic imine (C=N–C) groups is 1. The van der Waals surface area contributed by atoms with Crippen LogP contribution in [-0.2, 0) is 6.54 Å². The minimum Gasteiger partial charge on any atom is -0.356 e. The van der Waals surface area contributed by atoms with E-state index in [2.05, 4.69) is 63.9 Å². The molecule has 6 nitrogen and oxygen atoms in total. The molecule has 0 aliphatic rings. The van der Waals surface area contributed by atoms with E-state index >= 15 is 0 Å². The summed E-state index contributed by atoms with van der Waals surface area (Å²) in [5.41, 5.74) is 3.44. The topological polar surface area (TPSA) is 66.6 Å². The van der Waals surface area contributed by atoms with Gasteiger partial charge in [0.2, 0.25) is 0 Å². The van der Waals surface area contributed by atoms with Gasteiger partial charge in [0.05, 0.1) is 6.54 Å². The Morgan fingerprint density at radius 3 is 2.62 bits per heavy atom. The Balaban J connectivity index is 0.00000243. The van der Waals surface area contributed by atoms with E-state index < -0.39 is 0 Å². The van der Waals surface area contributed by atoms with Crippen LogP contribution in [0.15, 0.2) is 53.7 Å². The summed E-state index contributed by atoms with van der Waals surface area (Å²) in [6.45, 7) is 5.68. The average molecular weight is 464 g/mol. The van der Waals surface area contributed by atoms with Crippen molar-refractivity contribution < 1.29 is 0 Å². The number of hydrogen-bond acceptors (Lipinski definition) is 3. The molecule has 0 aliphatic carbocycles. The van der Waals surface area contributed by atoms with E-state index in [0.29, 0.717) is 12.5 Å². The molecule has 3 rings (SSSR count). The fraction of sp³-hybridized carbons (Fsp3) is 0.316. The number of aryl methyl sites for hydroxylation is 1. The van der Waals surface area contributed by atoms with Gasteiger partial charge in [-0.15, -0.1) is 34.2 Å². The molecule has 0 saturated carbocycles. The third-order valence-corrected chi connectivity index (χ3v) is 4.24. The summed E-state index contributed by atoms with van der Waals surface area (Å²) in [6, 6.07) is 14.5. The quantitative estimate of drug-likeness (QED) is 0.346. The number of aromatic nitrogens is 3. The van der Waals surface area contributed by atoms with E-state index in [4.69, 9.17) is 0 Å². The Morgan fingerprint density at radius 2 is 1.88 bits per heavy atom. The first-order chi connectivity index (χ1) is 12.2. The minimum absolute atomic E-state index is 0. The second-order valence-electron chi connectivity index (χ2n) is 6.16. The zero-order valence-electron chi connectivity index (χ0n) is 15.3. The fourth-order valence-electron chi connectivity index (χ4n) is 2.66. The van der Waals surface area contributed by atoms with Crippen LogP contribution in [0.1, 0.15) is 29.8 Å². The number of hydrogen-bond donors (Lipinski definition) is 2. The number of rotatable bonds is 5. The first-order valence-electron chi connectivity index (χ1n) is 8.47. The van der Waals surface area contributed by atoms with Crippen molar-refractivity contribution in [2.75, 3.05) is 13.6 Å². The maximum absolute atomic E-state index is 4.28. The van der Waals surface area contributed by atoms with Crippen molar-refractivity contribution in [3.63, 3.8) is 0 Å². The molecule has 0 amide bonds. The summed E-state index contributed by atoms with van der Waals surface area (Å²) in [7, 11) is 1.77. The zero-order valence-corrected chi connectivity index (χ0v) is 17.6. The van der Waals surface area contributed by atoms with E-state index in [1.165, 1.54) is 11.1 Å². The molecular weight excluding hydrogens is 439 g/mol. The van der Waals surface area contributed by atoms with Gasteiger partial charge in [0.1, 0.15) is 0 Å². The van der Waals surface area contributed by atoms with Crippen LogP contribution in [0.25, 0.3) is 5.65 Å². The smallest absolute Gasteiger partial charge is 0.191 e. The highest BCUT2D eigenvalue weighted by atomic mass is 127. The molecule has 2 aromatic heterocycles. The SMILES string of the molecule is CN=C(NCc1nnc2ccccn12)NCC(C)c1ccc(C)cc1.I. The minimum atomic E-state index is 0. The van der Waals surface area contributed by atoms with Crippen LogP contribution in [-0.4, -0.2) is 34.2 Å². The van der Waals surface area contributed by atoms with Crippen molar-refractivity contribution in [3.8, 4) is 0 Å². The van der Waals surface area contributed by atoms with Crippen LogP contribution < -0.4 is 10.6 Å². The number of benzene rings is 1. The summed E-state index contributed by atoms with van der Waals surface area (Å²) in [5, 5.41) is 15.0. The Labute approximate surface area is 171 Å². The van der Waals surface area contributed by atoms with Crippen molar-refractivity contribution in [3.05, 3.63) is 65.6 Å². The van der Waals surface area contributed by atoms with Crippen molar-refractivity contribution in [2.24, 2.45) is 4.99 Å². The number of fused-ring (bicyclic) bond motifs is 1. The first-order valence-corrected chi connectivity index (χ1v) is 8.47. The maximum atomic E-state index is 4.28. The summed E-state index contributed by atoms with van der Waals surface area (Å²) in [5.74, 6) is 2.00. The lowest BCUT2D eigenvalue weighted by molar-refractivity contribution is 0.691. The number of halogens is 1. The summed E-state index contributed by atoms with van der Waals surface area (Å²) in [6.07, 6.45) is 1.96. The molecule has 1 atom stereocenters. The van der Waals surface area contributed by atoms with Crippen molar-refractivity contribution in [2.45, 2.75) is 26.3 Å². The number of pyridine rings is 1. The maximum Gasteiger partial charge on any atom is 0.191 e. The van der Waals surface area contributed by atoms with E-state index in [9.17, 15) is 0 Å². The molecule has 0 radical (unpaired) electrons. The van der Waals surface area contributed by atoms with E-state index in [1.807, 2.05) is 28.8 Å². The Hall–Kier alpha value is -2.16. The van der Waals surface area contributed by atoms with Gasteiger partial charge in [0.25, 0.3) is 0 Å². The molecule has 0 bridgehead atoms. The lowest BCUT2D eigenvalue weighted by atomic mass is 10.0. The Morgan fingerprint density at radius 1 is 1.12 bits per heavy atom. The van der Waals surface area contributed by atoms with Crippen molar-refractivity contribution in [1.29, 1.82) is 0 Å². The molecule has 2 heterocycles. The van der Waals surface area contributed by atoms with Crippen LogP contribution in [0.5, 0.6) is 0 Å². The number of guanidine groups is 1. The van der Waals surface area contributed by atoms with Crippen LogP contribution >= 0.6 is 24.0 Å². The molecule has 1 aromatic carbocycles. The third kappa shape index (κ3) is 4.94. The van der Waals surface area contributed by atoms with E-state index in [-0.39, 0.29) is 24.0 Å². The number of nitrogens with zero attached hydrogens (tertiary/aromatic N) is 4. The standard InChI is InChI=1S/C19H24N6.HI/c1-14-7-9-16(10-8-14)15(2)12-21-19(20-3)22-13-18-24-23-17-6-4-5-11-25(17)18;/h4-11,15H,12-13H2,1-3H3,(H2,20,21,22);1H. The third-order valence-electron chi connectivity index (χ3n) is 4.24. The predicted molar refractivity (Wildman–Crippen MR) is 116 cm³/mol. The predicted octanol–water partition coefficient (Wildman–Crippen LogP) is 3.12. The highest BCUT2D eigenvalue weighted by molar-refractivity contribution is 14.0. The van der Waals surface area contributed by atoms with Gasteiger partial charge in [-0.2, -0.15) is 0 Å². The normalized spacial score (nSPS) is 12.5. The molecular formula is C19H25IN6. The van der Waals surface area contributed by atoms with E-state index in [0.717, 1.165) is 24.0 Å². The van der Waals surface area contributed by atoms with Gasteiger partial charge >= 0.3 is 0 Å². The van der Waals surface area contributed by atoms with Crippen LogP contribution in [0.2, 0.25) is 0 Å². The molecule has 26 heavy (non-hydrogen) atoms. The van der Waals surface area contributed by atoms with Gasteiger partial charge in [-0.25, -0.2) is 0 Å². The van der Waals surface area contributed by atoms with Gasteiger partial charge in [-0.05, 0) is 30.5 Å². The van der Waals surface area contributed by atoms with Crippen LogP contribution in [0.3, 0.4) is 0 Å². The van der Waals surface area contributed by atoms with Gasteiger partial charge in [-0.1, -0.05) is 42.8 Å². The zero-order chi connectivity index (χ0) is 17.6. The van der Waals surface area contributed by atoms with Gasteiger partial charge in [0, 0.05) is 19.8 Å². The first kappa shape index (κ1) is 20.2. The van der Waals surface area contributed by atoms with Gasteiger partial charge < -0.3 is 10.6 Å². The molecule has 0 spiro atoms. The second kappa shape index (κ2) is 9.51. The monoisotopic (exact) mass is 464 g/mol. The lowest BCUT2D eigenvalue weighted by Gasteiger charge is -2.16. The van der Waals surface area contributed by atoms with Crippen molar-refractivity contribution in [1.82, 2.24) is 25.2 Å². The Bertz CT molecular complexity index is 856. The number of nitrogens with one attached hydrogen (secondary N) is 2. The van der Waals surface area contributed by atoms with Crippen molar-refractivity contribution >= 4 is 35.6 Å². The van der Waals surface area contributed by atoms with Crippen LogP contribution in [0, 0.1) is 6.92 Å². The highest BCUT2D eigenvalue weighted by Gasteiger charge is 2.08. The molecule has 138 valence electrons. The fourth-order valence-corrected chi connectivity index (χ4v) is 2.66. The second-order valence-corrected chi connectivity index (χ2v) is 6.16. The molecule has 7 heteroatoms. The lowest BCUT2D eigenvalue weighted by Crippen LogP contribution is -2.39. The van der Waals surface area contributed by atoms with E-state index in [1.54, 1.807) is 7.05 Å². The molecule has 0 aliphatic heterocycles. The van der Waals surface area contributed by atoms with Gasteiger partial charge in [-0.3, -0.25) is 9.39 Å². The molecule has 2 N–H and O–H groups in total. The van der Waals surface area contributed by atoms with Crippen LogP contribution in [0.4, 0.5) is 0 Å².